The third-order valence-electron chi connectivity index (χ3n) is 2.08. The maximum Gasteiger partial charge on any atom is 0.323 e. The highest BCUT2D eigenvalue weighted by atomic mass is 16.6. The van der Waals surface area contributed by atoms with Crippen molar-refractivity contribution in [2.75, 3.05) is 31.6 Å². The van der Waals surface area contributed by atoms with Gasteiger partial charge in [-0.2, -0.15) is 15.0 Å². The van der Waals surface area contributed by atoms with Gasteiger partial charge in [0.15, 0.2) is 0 Å². The fraction of sp³-hybridized carbons (Fsp3) is 0.600. The molecule has 19 heavy (non-hydrogen) atoms. The minimum atomic E-state index is -1.32. The summed E-state index contributed by atoms with van der Waals surface area (Å²) >= 11 is 0. The Morgan fingerprint density at radius 3 is 2.58 bits per heavy atom. The Hall–Kier alpha value is -2.16. The zero-order chi connectivity index (χ0) is 14.4. The number of carboxylic acid groups (broad SMARTS) is 1. The topological polar surface area (TPSA) is 113 Å². The summed E-state index contributed by atoms with van der Waals surface area (Å²) in [4.78, 5) is 29.0. The summed E-state index contributed by atoms with van der Waals surface area (Å²) in [7, 11) is 4.85. The number of carbonyl (C=O) groups is 1. The smallest absolute Gasteiger partial charge is 0.323 e. The van der Waals surface area contributed by atoms with Crippen molar-refractivity contribution in [1.82, 2.24) is 15.0 Å². The second-order valence-electron chi connectivity index (χ2n) is 3.78. The van der Waals surface area contributed by atoms with Crippen LogP contribution in [0.2, 0.25) is 0 Å². The number of anilines is 2. The molecule has 0 saturated carbocycles. The number of hydrogen-bond acceptors (Lipinski definition) is 9. The van der Waals surface area contributed by atoms with E-state index in [-0.39, 0.29) is 18.4 Å². The van der Waals surface area contributed by atoms with E-state index >= 15 is 0 Å². The van der Waals surface area contributed by atoms with E-state index in [0.29, 0.717) is 5.95 Å². The van der Waals surface area contributed by atoms with Gasteiger partial charge in [-0.25, -0.2) is 5.48 Å². The fourth-order valence-corrected chi connectivity index (χ4v) is 1.16. The monoisotopic (exact) mass is 270 g/mol. The van der Waals surface area contributed by atoms with Crippen LogP contribution in [0.25, 0.3) is 0 Å². The largest absolute Gasteiger partial charge is 0.546 e. The lowest BCUT2D eigenvalue weighted by atomic mass is 10.3. The summed E-state index contributed by atoms with van der Waals surface area (Å²) < 4.78 is 5.16. The molecule has 0 radical (unpaired) electrons. The Balaban J connectivity index is 3.01. The lowest BCUT2D eigenvalue weighted by molar-refractivity contribution is -0.313. The average Bonchev–Trinajstić information content (AvgIpc) is 2.35. The van der Waals surface area contributed by atoms with Gasteiger partial charge >= 0.3 is 6.01 Å². The van der Waals surface area contributed by atoms with Crippen molar-refractivity contribution in [3.8, 4) is 6.01 Å². The number of hydrogen-bond donors (Lipinski definition) is 1. The minimum absolute atomic E-state index is 0.115. The molecule has 1 rings (SSSR count). The molecule has 106 valence electrons. The van der Waals surface area contributed by atoms with E-state index < -0.39 is 12.1 Å². The van der Waals surface area contributed by atoms with Crippen LogP contribution in [0, 0.1) is 0 Å². The minimum Gasteiger partial charge on any atom is -0.546 e. The SMILES string of the molecule is CCC(Oc1nc(NOC)nc(N(C)C)n1)C(=O)[O-]. The molecule has 0 aliphatic rings. The van der Waals surface area contributed by atoms with Crippen molar-refractivity contribution < 1.29 is 19.5 Å². The molecule has 1 atom stereocenters. The third kappa shape index (κ3) is 4.21. The van der Waals surface area contributed by atoms with E-state index in [0.717, 1.165) is 0 Å². The molecule has 1 heterocycles. The number of ether oxygens (including phenoxy) is 1. The van der Waals surface area contributed by atoms with Gasteiger partial charge in [-0.15, -0.1) is 0 Å². The van der Waals surface area contributed by atoms with Crippen LogP contribution in [-0.2, 0) is 9.63 Å². The Bertz CT molecular complexity index is 440. The van der Waals surface area contributed by atoms with Crippen molar-refractivity contribution in [2.45, 2.75) is 19.4 Å². The Morgan fingerprint density at radius 2 is 2.11 bits per heavy atom. The van der Waals surface area contributed by atoms with Crippen LogP contribution in [0.4, 0.5) is 11.9 Å². The number of nitrogens with zero attached hydrogens (tertiary/aromatic N) is 4. The second-order valence-corrected chi connectivity index (χ2v) is 3.78. The van der Waals surface area contributed by atoms with Crippen LogP contribution in [-0.4, -0.2) is 48.2 Å². The maximum absolute atomic E-state index is 10.8. The summed E-state index contributed by atoms with van der Waals surface area (Å²) in [6, 6.07) is -0.116. The molecule has 0 aromatic carbocycles. The molecule has 0 spiro atoms. The molecule has 9 nitrogen and oxygen atoms in total. The highest BCUT2D eigenvalue weighted by molar-refractivity contribution is 5.70. The molecule has 9 heteroatoms. The molecule has 1 N–H and O–H groups in total. The zero-order valence-electron chi connectivity index (χ0n) is 11.2. The van der Waals surface area contributed by atoms with Gasteiger partial charge in [-0.3, -0.25) is 4.84 Å². The molecule has 1 aromatic heterocycles. The van der Waals surface area contributed by atoms with Gasteiger partial charge < -0.3 is 19.5 Å². The Morgan fingerprint density at radius 1 is 1.42 bits per heavy atom. The number of carboxylic acids is 1. The Labute approximate surface area is 110 Å². The van der Waals surface area contributed by atoms with Crippen molar-refractivity contribution in [1.29, 1.82) is 0 Å². The molecule has 0 fully saturated rings. The van der Waals surface area contributed by atoms with Crippen molar-refractivity contribution >= 4 is 17.9 Å². The van der Waals surface area contributed by atoms with Crippen LogP contribution in [0.5, 0.6) is 6.01 Å². The molecule has 0 amide bonds. The highest BCUT2D eigenvalue weighted by Gasteiger charge is 2.14. The summed E-state index contributed by atoms with van der Waals surface area (Å²) in [6.45, 7) is 1.66. The van der Waals surface area contributed by atoms with Crippen molar-refractivity contribution in [2.24, 2.45) is 0 Å². The van der Waals surface area contributed by atoms with Crippen LogP contribution >= 0.6 is 0 Å². The lowest BCUT2D eigenvalue weighted by Crippen LogP contribution is -2.39. The zero-order valence-corrected chi connectivity index (χ0v) is 11.2. The predicted octanol–water partition coefficient (Wildman–Crippen LogP) is -1.18. The standard InChI is InChI=1S/C10H17N5O4/c1-5-6(7(16)17)19-10-12-8(14-18-4)11-9(13-10)15(2)3/h6H,5H2,1-4H3,(H,16,17)(H,11,12,13,14)/p-1. The first-order valence-electron chi connectivity index (χ1n) is 5.57. The first-order chi connectivity index (χ1) is 8.97. The predicted molar refractivity (Wildman–Crippen MR) is 64.5 cm³/mol. The molecular weight excluding hydrogens is 254 g/mol. The molecule has 1 aromatic rings. The van der Waals surface area contributed by atoms with E-state index in [1.165, 1.54) is 7.11 Å². The quantitative estimate of drug-likeness (QED) is 0.611. The van der Waals surface area contributed by atoms with Gasteiger partial charge in [-0.05, 0) is 6.42 Å². The van der Waals surface area contributed by atoms with Gasteiger partial charge in [0.25, 0.3) is 5.95 Å². The summed E-state index contributed by atoms with van der Waals surface area (Å²) in [5.41, 5.74) is 2.43. The number of carbonyl (C=O) groups excluding carboxylic acids is 1. The first kappa shape index (κ1) is 14.9. The maximum atomic E-state index is 10.8. The number of aromatic nitrogens is 3. The van der Waals surface area contributed by atoms with Crippen LogP contribution in [0.3, 0.4) is 0 Å². The molecule has 0 aliphatic heterocycles. The summed E-state index contributed by atoms with van der Waals surface area (Å²) in [6.07, 6.45) is -0.883. The number of aliphatic carboxylic acids is 1. The van der Waals surface area contributed by atoms with Gasteiger partial charge in [0, 0.05) is 14.1 Å². The van der Waals surface area contributed by atoms with Gasteiger partial charge in [0.1, 0.15) is 6.10 Å². The van der Waals surface area contributed by atoms with E-state index in [4.69, 9.17) is 9.57 Å². The van der Waals surface area contributed by atoms with Gasteiger partial charge in [0.2, 0.25) is 5.95 Å². The number of rotatable bonds is 7. The fourth-order valence-electron chi connectivity index (χ4n) is 1.16. The normalized spacial score (nSPS) is 11.8. The van der Waals surface area contributed by atoms with Crippen molar-refractivity contribution in [3.05, 3.63) is 0 Å². The van der Waals surface area contributed by atoms with Crippen LogP contribution < -0.4 is 20.2 Å². The molecule has 0 aliphatic carbocycles. The Kier molecular flexibility index (Phi) is 5.24. The number of nitrogens with one attached hydrogen (secondary N) is 1. The second kappa shape index (κ2) is 6.69. The van der Waals surface area contributed by atoms with Crippen LogP contribution in [0.1, 0.15) is 13.3 Å². The van der Waals surface area contributed by atoms with Crippen molar-refractivity contribution in [3.63, 3.8) is 0 Å². The van der Waals surface area contributed by atoms with E-state index in [1.54, 1.807) is 25.9 Å². The molecule has 0 bridgehead atoms. The average molecular weight is 270 g/mol. The van der Waals surface area contributed by atoms with Crippen LogP contribution in [0.15, 0.2) is 0 Å². The third-order valence-corrected chi connectivity index (χ3v) is 2.08. The van der Waals surface area contributed by atoms with Gasteiger partial charge in [0.05, 0.1) is 13.1 Å². The summed E-state index contributed by atoms with van der Waals surface area (Å²) in [5, 5.41) is 10.8. The molecule has 1 unspecified atom stereocenters. The van der Waals surface area contributed by atoms with Gasteiger partial charge in [-0.1, -0.05) is 6.92 Å². The van der Waals surface area contributed by atoms with E-state index in [2.05, 4.69) is 20.4 Å². The van der Waals surface area contributed by atoms with E-state index in [1.807, 2.05) is 0 Å². The van der Waals surface area contributed by atoms with E-state index in [9.17, 15) is 9.90 Å². The molecule has 0 saturated heterocycles. The molecular formula is C10H16N5O4-. The highest BCUT2D eigenvalue weighted by Crippen LogP contribution is 2.14. The summed E-state index contributed by atoms with van der Waals surface area (Å²) in [5.74, 6) is -0.905. The first-order valence-corrected chi connectivity index (χ1v) is 5.57. The lowest BCUT2D eigenvalue weighted by Gasteiger charge is -2.18.